The molecule has 0 fully saturated rings. The number of rotatable bonds is 6. The second kappa shape index (κ2) is 7.99. The van der Waals surface area contributed by atoms with Gasteiger partial charge in [-0.2, -0.15) is 4.98 Å². The number of nitro groups is 1. The largest absolute Gasteiger partial charge is 0.454 e. The van der Waals surface area contributed by atoms with E-state index in [0.717, 1.165) is 16.6 Å². The van der Waals surface area contributed by atoms with Crippen molar-refractivity contribution in [1.29, 1.82) is 0 Å². The van der Waals surface area contributed by atoms with Crippen molar-refractivity contribution in [3.63, 3.8) is 0 Å². The minimum absolute atomic E-state index is 0.0436. The summed E-state index contributed by atoms with van der Waals surface area (Å²) in [6.45, 7) is 2.32. The molecule has 1 N–H and O–H groups in total. The second-order valence-electron chi connectivity index (χ2n) is 7.06. The van der Waals surface area contributed by atoms with Gasteiger partial charge in [0.1, 0.15) is 11.8 Å². The highest BCUT2D eigenvalue weighted by atomic mass is 16.7. The van der Waals surface area contributed by atoms with Crippen molar-refractivity contribution in [3.8, 4) is 23.1 Å². The lowest BCUT2D eigenvalue weighted by atomic mass is 10.2. The minimum atomic E-state index is -0.568. The molecule has 1 aliphatic rings. The van der Waals surface area contributed by atoms with Gasteiger partial charge in [0.05, 0.1) is 4.92 Å². The standard InChI is InChI=1S/C22H17N5O5/c1-13-5-7-15-3-2-4-17(19(15)26-13)32-22-20(27(28)29)21(24-11-25-22)23-10-14-6-8-16-18(9-14)31-12-30-16/h2-9,11H,10,12H2,1H3,(H,23,24,25). The Bertz CT molecular complexity index is 1340. The summed E-state index contributed by atoms with van der Waals surface area (Å²) in [7, 11) is 0. The maximum absolute atomic E-state index is 11.9. The van der Waals surface area contributed by atoms with Crippen molar-refractivity contribution in [2.75, 3.05) is 12.1 Å². The van der Waals surface area contributed by atoms with Crippen LogP contribution in [0.2, 0.25) is 0 Å². The fourth-order valence-electron chi connectivity index (χ4n) is 3.37. The number of fused-ring (bicyclic) bond motifs is 2. The SMILES string of the molecule is Cc1ccc2cccc(Oc3ncnc(NCc4ccc5c(c4)OCO5)c3[N+](=O)[O-])c2n1. The topological polar surface area (TPSA) is 122 Å². The first-order valence-corrected chi connectivity index (χ1v) is 9.74. The predicted octanol–water partition coefficient (Wildman–Crippen LogP) is 4.37. The highest BCUT2D eigenvalue weighted by Crippen LogP contribution is 2.37. The van der Waals surface area contributed by atoms with Crippen molar-refractivity contribution < 1.29 is 19.1 Å². The summed E-state index contributed by atoms with van der Waals surface area (Å²) < 4.78 is 16.5. The zero-order chi connectivity index (χ0) is 22.1. The van der Waals surface area contributed by atoms with Crippen molar-refractivity contribution in [1.82, 2.24) is 15.0 Å². The molecule has 5 rings (SSSR count). The van der Waals surface area contributed by atoms with E-state index in [1.807, 2.05) is 37.3 Å². The van der Waals surface area contributed by atoms with Gasteiger partial charge in [0.2, 0.25) is 12.6 Å². The lowest BCUT2D eigenvalue weighted by Crippen LogP contribution is -2.07. The van der Waals surface area contributed by atoms with Crippen LogP contribution in [0.1, 0.15) is 11.3 Å². The third-order valence-electron chi connectivity index (χ3n) is 4.90. The van der Waals surface area contributed by atoms with Gasteiger partial charge in [-0.25, -0.2) is 9.97 Å². The van der Waals surface area contributed by atoms with E-state index in [0.29, 0.717) is 22.8 Å². The van der Waals surface area contributed by atoms with Crippen molar-refractivity contribution in [3.05, 3.63) is 76.2 Å². The zero-order valence-corrected chi connectivity index (χ0v) is 16.9. The van der Waals surface area contributed by atoms with E-state index in [1.165, 1.54) is 6.33 Å². The van der Waals surface area contributed by atoms with Crippen LogP contribution in [-0.4, -0.2) is 26.7 Å². The Hall–Kier alpha value is -4.47. The van der Waals surface area contributed by atoms with Gasteiger partial charge in [-0.05, 0) is 36.8 Å². The number of anilines is 1. The van der Waals surface area contributed by atoms with Crippen LogP contribution in [0.5, 0.6) is 23.1 Å². The highest BCUT2D eigenvalue weighted by molar-refractivity contribution is 5.85. The molecule has 0 aliphatic carbocycles. The van der Waals surface area contributed by atoms with Crippen LogP contribution in [0, 0.1) is 17.0 Å². The Kier molecular flexibility index (Phi) is 4.86. The lowest BCUT2D eigenvalue weighted by Gasteiger charge is -2.11. The molecule has 0 saturated carbocycles. The molecule has 160 valence electrons. The van der Waals surface area contributed by atoms with Gasteiger partial charge in [-0.1, -0.05) is 24.3 Å². The Balaban J connectivity index is 1.45. The average Bonchev–Trinajstić information content (AvgIpc) is 3.26. The normalized spacial score (nSPS) is 12.0. The molecule has 10 heteroatoms. The summed E-state index contributed by atoms with van der Waals surface area (Å²) in [5.41, 5.74) is 1.88. The summed E-state index contributed by atoms with van der Waals surface area (Å²) in [6, 6.07) is 14.6. The maximum atomic E-state index is 11.9. The number of nitrogens with zero attached hydrogens (tertiary/aromatic N) is 4. The zero-order valence-electron chi connectivity index (χ0n) is 16.9. The summed E-state index contributed by atoms with van der Waals surface area (Å²) in [5, 5.41) is 15.7. The first-order chi connectivity index (χ1) is 15.6. The van der Waals surface area contributed by atoms with Crippen LogP contribution in [0.3, 0.4) is 0 Å². The molecule has 0 bridgehead atoms. The first kappa shape index (κ1) is 19.5. The molecule has 0 radical (unpaired) electrons. The lowest BCUT2D eigenvalue weighted by molar-refractivity contribution is -0.385. The van der Waals surface area contributed by atoms with Crippen LogP contribution < -0.4 is 19.5 Å². The molecule has 0 spiro atoms. The van der Waals surface area contributed by atoms with Gasteiger partial charge >= 0.3 is 11.6 Å². The third kappa shape index (κ3) is 3.69. The van der Waals surface area contributed by atoms with Crippen molar-refractivity contribution >= 4 is 22.4 Å². The van der Waals surface area contributed by atoms with Crippen molar-refractivity contribution in [2.24, 2.45) is 0 Å². The summed E-state index contributed by atoms with van der Waals surface area (Å²) >= 11 is 0. The van der Waals surface area contributed by atoms with E-state index in [4.69, 9.17) is 14.2 Å². The Morgan fingerprint density at radius 3 is 2.88 bits per heavy atom. The molecule has 2 aromatic carbocycles. The Morgan fingerprint density at radius 2 is 2.00 bits per heavy atom. The fourth-order valence-corrected chi connectivity index (χ4v) is 3.37. The number of hydrogen-bond donors (Lipinski definition) is 1. The predicted molar refractivity (Wildman–Crippen MR) is 115 cm³/mol. The number of nitrogens with one attached hydrogen (secondary N) is 1. The highest BCUT2D eigenvalue weighted by Gasteiger charge is 2.26. The number of aryl methyl sites for hydroxylation is 1. The van der Waals surface area contributed by atoms with Gasteiger partial charge < -0.3 is 19.5 Å². The third-order valence-corrected chi connectivity index (χ3v) is 4.90. The molecular weight excluding hydrogens is 414 g/mol. The molecule has 0 atom stereocenters. The summed E-state index contributed by atoms with van der Waals surface area (Å²) in [6.07, 6.45) is 1.22. The molecule has 1 aliphatic heterocycles. The van der Waals surface area contributed by atoms with Gasteiger partial charge in [0, 0.05) is 17.6 Å². The van der Waals surface area contributed by atoms with Crippen LogP contribution in [-0.2, 0) is 6.54 Å². The number of hydrogen-bond acceptors (Lipinski definition) is 9. The molecule has 32 heavy (non-hydrogen) atoms. The molecule has 0 amide bonds. The molecule has 3 heterocycles. The van der Waals surface area contributed by atoms with Gasteiger partial charge in [-0.15, -0.1) is 0 Å². The van der Waals surface area contributed by atoms with Crippen LogP contribution in [0.15, 0.2) is 54.9 Å². The van der Waals surface area contributed by atoms with Crippen LogP contribution >= 0.6 is 0 Å². The number of benzene rings is 2. The van der Waals surface area contributed by atoms with E-state index in [2.05, 4.69) is 20.3 Å². The van der Waals surface area contributed by atoms with E-state index in [1.54, 1.807) is 18.2 Å². The maximum Gasteiger partial charge on any atom is 0.373 e. The van der Waals surface area contributed by atoms with E-state index >= 15 is 0 Å². The minimum Gasteiger partial charge on any atom is -0.454 e. The van der Waals surface area contributed by atoms with Gasteiger partial charge in [0.15, 0.2) is 17.2 Å². The number of aromatic nitrogens is 3. The Morgan fingerprint density at radius 1 is 1.12 bits per heavy atom. The smallest absolute Gasteiger partial charge is 0.373 e. The molecule has 0 saturated heterocycles. The van der Waals surface area contributed by atoms with Gasteiger partial charge in [0.25, 0.3) is 0 Å². The number of para-hydroxylation sites is 1. The summed E-state index contributed by atoms with van der Waals surface area (Å²) in [4.78, 5) is 23.9. The molecule has 4 aromatic rings. The van der Waals surface area contributed by atoms with E-state index in [9.17, 15) is 10.1 Å². The summed E-state index contributed by atoms with van der Waals surface area (Å²) in [5.74, 6) is 1.53. The molecule has 0 unspecified atom stereocenters. The number of ether oxygens (including phenoxy) is 3. The van der Waals surface area contributed by atoms with E-state index in [-0.39, 0.29) is 30.7 Å². The second-order valence-corrected chi connectivity index (χ2v) is 7.06. The molecular formula is C22H17N5O5. The van der Waals surface area contributed by atoms with Gasteiger partial charge in [-0.3, -0.25) is 10.1 Å². The van der Waals surface area contributed by atoms with E-state index < -0.39 is 4.92 Å². The van der Waals surface area contributed by atoms with Crippen LogP contribution in [0.25, 0.3) is 10.9 Å². The van der Waals surface area contributed by atoms with Crippen molar-refractivity contribution in [2.45, 2.75) is 13.5 Å². The average molecular weight is 431 g/mol. The quantitative estimate of drug-likeness (QED) is 0.350. The molecule has 10 nitrogen and oxygen atoms in total. The first-order valence-electron chi connectivity index (χ1n) is 9.74. The fraction of sp³-hybridized carbons (Fsp3) is 0.136. The monoisotopic (exact) mass is 431 g/mol. The Labute approximate surface area is 182 Å². The van der Waals surface area contributed by atoms with Crippen LogP contribution in [0.4, 0.5) is 11.5 Å². The number of pyridine rings is 1. The molecule has 2 aromatic heterocycles.